The van der Waals surface area contributed by atoms with Gasteiger partial charge in [-0.2, -0.15) is 0 Å². The van der Waals surface area contributed by atoms with Crippen LogP contribution in [-0.2, 0) is 10.8 Å². The third-order valence-electron chi connectivity index (χ3n) is 31.9. The molecule has 19 aromatic carbocycles. The van der Waals surface area contributed by atoms with Crippen molar-refractivity contribution in [1.82, 2.24) is 9.13 Å². The zero-order valence-corrected chi connectivity index (χ0v) is 83.6. The molecule has 2 aromatic heterocycles. The van der Waals surface area contributed by atoms with Gasteiger partial charge in [0.15, 0.2) is 0 Å². The van der Waals surface area contributed by atoms with Gasteiger partial charge in [-0.1, -0.05) is 374 Å². The Kier molecular flexibility index (Phi) is 21.3. The first-order valence-electron chi connectivity index (χ1n) is 50.9. The minimum atomic E-state index is -0.406. The third kappa shape index (κ3) is 14.0. The summed E-state index contributed by atoms with van der Waals surface area (Å²) in [5.74, 6) is 6.50. The van der Waals surface area contributed by atoms with Gasteiger partial charge in [0.2, 0.25) is 0 Å². The van der Waals surface area contributed by atoms with Crippen LogP contribution in [0.25, 0.3) is 77.2 Å². The van der Waals surface area contributed by atoms with Crippen molar-refractivity contribution in [2.45, 2.75) is 126 Å². The average molecular weight is 1850 g/mol. The molecule has 0 fully saturated rings. The number of aromatic nitrogens is 2. The molecule has 0 N–H and O–H groups in total. The quantitative estimate of drug-likeness (QED) is 0.121. The van der Waals surface area contributed by atoms with Crippen LogP contribution < -0.4 is 67.6 Å². The van der Waals surface area contributed by atoms with Gasteiger partial charge < -0.3 is 33.1 Å². The lowest BCUT2D eigenvalue weighted by Crippen LogP contribution is -2.59. The number of aryl methyl sites for hydroxylation is 6. The zero-order valence-electron chi connectivity index (χ0n) is 83.6. The minimum absolute atomic E-state index is 0.00330. The lowest BCUT2D eigenvalue weighted by molar-refractivity contribution is 0.465. The van der Waals surface area contributed by atoms with Crippen molar-refractivity contribution in [3.63, 3.8) is 0 Å². The van der Waals surface area contributed by atoms with Crippen LogP contribution in [0, 0.1) is 41.5 Å². The number of ether oxygens (including phenoxy) is 3. The molecule has 0 saturated carbocycles. The molecule has 690 valence electrons. The number of rotatable bonds is 11. The Morgan fingerprint density at radius 2 is 0.650 bits per heavy atom. The van der Waals surface area contributed by atoms with Gasteiger partial charge in [0, 0.05) is 73.0 Å². The SMILES string of the molecule is CC(C)c1cc(C(C)C)c(B2c3ccc(-n4c5ccccc5c5ccccc54)cc3Oc3cc(-n4c5ccccc5c5ccccc54)ccc32)c(C(C)C)c1.CC1(C)c2ccccc2N(c2ccc(-c3cc4c5c(c3)Oc3ccccc3B5c3ccccc3O4)cc2)c2ccccc21.Cc1cc(C)c(B(c2cc(C)c(C)cc2C)N2c3ccccc3C3(c4ccccc4-c4ccccc43)c3ccccc32)c(C)c1. The van der Waals surface area contributed by atoms with E-state index < -0.39 is 5.41 Å². The topological polar surface area (TPSA) is 44.0 Å². The van der Waals surface area contributed by atoms with Gasteiger partial charge in [0.1, 0.15) is 34.5 Å². The Labute approximate surface area is 840 Å². The fourth-order valence-corrected chi connectivity index (χ4v) is 25.3. The monoisotopic (exact) mass is 1840 g/mol. The highest BCUT2D eigenvalue weighted by Crippen LogP contribution is 2.63. The molecule has 5 aliphatic heterocycles. The second-order valence-electron chi connectivity index (χ2n) is 41.7. The van der Waals surface area contributed by atoms with E-state index in [-0.39, 0.29) is 25.7 Å². The molecule has 0 atom stereocenters. The van der Waals surface area contributed by atoms with Crippen LogP contribution in [0.1, 0.15) is 157 Å². The van der Waals surface area contributed by atoms with Gasteiger partial charge >= 0.3 is 6.85 Å². The highest BCUT2D eigenvalue weighted by molar-refractivity contribution is 6.98. The van der Waals surface area contributed by atoms with Gasteiger partial charge in [-0.05, 0) is 273 Å². The molecule has 10 heteroatoms. The molecule has 0 bridgehead atoms. The van der Waals surface area contributed by atoms with E-state index in [1.165, 1.54) is 199 Å². The maximum absolute atomic E-state index is 7.19. The first-order chi connectivity index (χ1) is 69.7. The van der Waals surface area contributed by atoms with E-state index in [0.717, 1.165) is 68.1 Å². The van der Waals surface area contributed by atoms with Crippen molar-refractivity contribution in [1.29, 1.82) is 0 Å². The van der Waals surface area contributed by atoms with Gasteiger partial charge in [-0.15, -0.1) is 0 Å². The number of hydrogen-bond donors (Lipinski definition) is 0. The van der Waals surface area contributed by atoms with Crippen LogP contribution in [0.2, 0.25) is 0 Å². The Bertz CT molecular complexity index is 8260. The average Bonchev–Trinajstić information content (AvgIpc) is 1.41. The molecular formula is C133H111B3N4O3. The molecule has 0 radical (unpaired) electrons. The Balaban J connectivity index is 0.000000114. The van der Waals surface area contributed by atoms with E-state index in [1.807, 2.05) is 12.1 Å². The van der Waals surface area contributed by atoms with Crippen molar-refractivity contribution in [2.75, 3.05) is 9.71 Å². The summed E-state index contributed by atoms with van der Waals surface area (Å²) in [6, 6.07) is 147. The molecule has 6 aliphatic rings. The van der Waals surface area contributed by atoms with E-state index in [4.69, 9.17) is 14.2 Å². The molecule has 7 nitrogen and oxygen atoms in total. The van der Waals surface area contributed by atoms with Crippen LogP contribution in [0.15, 0.2) is 400 Å². The van der Waals surface area contributed by atoms with Crippen LogP contribution in [0.4, 0.5) is 28.4 Å². The molecular weight excluding hydrogens is 1730 g/mol. The fraction of sp³-hybridized carbons (Fsp3) is 0.143. The normalized spacial score (nSPS) is 13.7. The Morgan fingerprint density at radius 1 is 0.280 bits per heavy atom. The summed E-state index contributed by atoms with van der Waals surface area (Å²) in [7, 11) is 0. The molecule has 0 saturated heterocycles. The van der Waals surface area contributed by atoms with Crippen molar-refractivity contribution in [3.8, 4) is 68.1 Å². The van der Waals surface area contributed by atoms with Crippen molar-refractivity contribution in [2.24, 2.45) is 0 Å². The first kappa shape index (κ1) is 88.4. The van der Waals surface area contributed by atoms with Crippen molar-refractivity contribution >= 4 is 136 Å². The maximum atomic E-state index is 7.19. The minimum Gasteiger partial charge on any atom is -0.458 e. The number of para-hydroxylation sites is 10. The first-order valence-corrected chi connectivity index (χ1v) is 50.9. The van der Waals surface area contributed by atoms with Crippen LogP contribution in [0.3, 0.4) is 0 Å². The van der Waals surface area contributed by atoms with Gasteiger partial charge in [-0.25, -0.2) is 0 Å². The number of fused-ring (bicyclic) bond motifs is 23. The van der Waals surface area contributed by atoms with Crippen LogP contribution in [-0.4, -0.2) is 29.4 Å². The van der Waals surface area contributed by atoms with E-state index in [2.05, 4.69) is 504 Å². The second kappa shape index (κ2) is 34.5. The van der Waals surface area contributed by atoms with E-state index in [9.17, 15) is 0 Å². The summed E-state index contributed by atoms with van der Waals surface area (Å²) < 4.78 is 25.0. The third-order valence-corrected chi connectivity index (χ3v) is 31.9. The van der Waals surface area contributed by atoms with Gasteiger partial charge in [0.05, 0.1) is 38.9 Å². The predicted molar refractivity (Wildman–Crippen MR) is 604 cm³/mol. The van der Waals surface area contributed by atoms with Crippen molar-refractivity contribution < 1.29 is 14.2 Å². The number of hydrogen-bond acceptors (Lipinski definition) is 5. The smallest absolute Gasteiger partial charge is 0.328 e. The number of anilines is 5. The lowest BCUT2D eigenvalue weighted by atomic mass is 9.34. The summed E-state index contributed by atoms with van der Waals surface area (Å²) in [6.45, 7) is 32.3. The second-order valence-corrected chi connectivity index (χ2v) is 41.7. The summed E-state index contributed by atoms with van der Waals surface area (Å²) in [4.78, 5) is 5.06. The summed E-state index contributed by atoms with van der Waals surface area (Å²) in [6.07, 6.45) is 0. The zero-order chi connectivity index (χ0) is 97.3. The molecule has 143 heavy (non-hydrogen) atoms. The van der Waals surface area contributed by atoms with Gasteiger partial charge in [0.25, 0.3) is 13.4 Å². The standard InChI is InChI=1S/C51H45BN2O.C43H38BN.C39H28BNO2/c1-31(2)34-27-41(32(3)4)51(42(28-34)33(5)6)52-43-25-23-35(53-45-19-11-7-15-37(45)38-16-8-12-20-46(38)53)29-49(43)55-50-30-36(24-26-44(50)52)54-47-21-13-9-17-39(47)40-18-10-14-22-48(40)54;1-27-23-31(5)42(32(6)24-27)44(39-26-29(3)28(2)25-30(39)4)45-40-21-13-11-19-37(40)43(38-20-12-14-22-41(38)45)35-17-9-7-15-33(35)34-16-8-10-18-36(34)43;1-39(2)28-11-3-7-15-32(28)41(33-16-8-4-12-29(33)39)27-21-19-25(20-22-27)26-23-36-38-37(24-26)43-35-18-10-6-14-31(35)40(38)30-13-5-9-17-34(30)42-36/h7-33H,1-6H3;7-26H,1-6H3;3-24H,1-2H3. The molecule has 7 heterocycles. The molecule has 27 rings (SSSR count). The maximum Gasteiger partial charge on any atom is 0.328 e. The van der Waals surface area contributed by atoms with Gasteiger partial charge in [-0.3, -0.25) is 0 Å². The van der Waals surface area contributed by atoms with Crippen molar-refractivity contribution in [3.05, 3.63) is 484 Å². The van der Waals surface area contributed by atoms with E-state index >= 15 is 0 Å². The van der Waals surface area contributed by atoms with E-state index in [0.29, 0.717) is 17.8 Å². The molecule has 21 aromatic rings. The summed E-state index contributed by atoms with van der Waals surface area (Å²) in [5.41, 5.74) is 47.8. The molecule has 1 spiro atoms. The predicted octanol–water partition coefficient (Wildman–Crippen LogP) is 29.2. The molecule has 0 amide bonds. The summed E-state index contributed by atoms with van der Waals surface area (Å²) in [5, 5.41) is 5.02. The Morgan fingerprint density at radius 3 is 1.10 bits per heavy atom. The lowest BCUT2D eigenvalue weighted by Gasteiger charge is -2.47. The number of benzene rings is 19. The molecule has 1 aliphatic carbocycles. The highest BCUT2D eigenvalue weighted by Gasteiger charge is 2.54. The number of nitrogens with zero attached hydrogens (tertiary/aromatic N) is 4. The largest absolute Gasteiger partial charge is 0.458 e. The molecule has 0 unspecified atom stereocenters. The highest BCUT2D eigenvalue weighted by atomic mass is 16.5. The Hall–Kier alpha value is -16.0. The van der Waals surface area contributed by atoms with Crippen LogP contribution >= 0.6 is 0 Å². The summed E-state index contributed by atoms with van der Waals surface area (Å²) >= 11 is 0. The van der Waals surface area contributed by atoms with Crippen LogP contribution in [0.5, 0.6) is 34.5 Å². The fourth-order valence-electron chi connectivity index (χ4n) is 25.3. The van der Waals surface area contributed by atoms with E-state index in [1.54, 1.807) is 0 Å².